The molecular formula is C12H12N4O. The van der Waals surface area contributed by atoms with Crippen LogP contribution in [-0.2, 0) is 7.05 Å². The molecule has 2 aromatic rings. The fraction of sp³-hybridized carbons (Fsp3) is 0.250. The molecule has 0 spiro atoms. The van der Waals surface area contributed by atoms with E-state index in [2.05, 4.69) is 5.10 Å². The number of nitrogens with zero attached hydrogens (tertiary/aromatic N) is 4. The molecule has 17 heavy (non-hydrogen) atoms. The van der Waals surface area contributed by atoms with Crippen molar-refractivity contribution in [3.05, 3.63) is 30.0 Å². The predicted octanol–water partition coefficient (Wildman–Crippen LogP) is 1.17. The monoisotopic (exact) mass is 228 g/mol. The second-order valence-electron chi connectivity index (χ2n) is 3.81. The molecular weight excluding hydrogens is 216 g/mol. The van der Waals surface area contributed by atoms with Crippen molar-refractivity contribution in [3.63, 3.8) is 0 Å². The Bertz CT molecular complexity index is 608. The SMILES string of the molecule is CN(CC#N)C(=O)c1nn(C)c2ccccc12. The summed E-state index contributed by atoms with van der Waals surface area (Å²) in [4.78, 5) is 13.4. The highest BCUT2D eigenvalue weighted by atomic mass is 16.2. The lowest BCUT2D eigenvalue weighted by atomic mass is 10.2. The number of aryl methyl sites for hydroxylation is 1. The maximum absolute atomic E-state index is 12.1. The molecule has 86 valence electrons. The average molecular weight is 228 g/mol. The quantitative estimate of drug-likeness (QED) is 0.725. The molecule has 0 saturated carbocycles. The number of hydrogen-bond donors (Lipinski definition) is 0. The number of fused-ring (bicyclic) bond motifs is 1. The van der Waals surface area contributed by atoms with Crippen molar-refractivity contribution >= 4 is 16.8 Å². The van der Waals surface area contributed by atoms with Crippen LogP contribution in [-0.4, -0.2) is 34.2 Å². The van der Waals surface area contributed by atoms with Gasteiger partial charge in [0.1, 0.15) is 6.54 Å². The molecule has 0 aliphatic rings. The van der Waals surface area contributed by atoms with Gasteiger partial charge in [-0.3, -0.25) is 9.48 Å². The maximum atomic E-state index is 12.1. The summed E-state index contributed by atoms with van der Waals surface area (Å²) in [7, 11) is 3.39. The second kappa shape index (κ2) is 4.26. The van der Waals surface area contributed by atoms with Gasteiger partial charge in [0, 0.05) is 19.5 Å². The first-order valence-electron chi connectivity index (χ1n) is 5.19. The Morgan fingerprint density at radius 2 is 2.24 bits per heavy atom. The molecule has 5 nitrogen and oxygen atoms in total. The van der Waals surface area contributed by atoms with Crippen molar-refractivity contribution in [2.24, 2.45) is 7.05 Å². The number of hydrogen-bond acceptors (Lipinski definition) is 3. The molecule has 1 heterocycles. The van der Waals surface area contributed by atoms with Crippen LogP contribution in [0.3, 0.4) is 0 Å². The van der Waals surface area contributed by atoms with Crippen LogP contribution in [0.15, 0.2) is 24.3 Å². The van der Waals surface area contributed by atoms with Gasteiger partial charge in [0.15, 0.2) is 5.69 Å². The van der Waals surface area contributed by atoms with Crippen LogP contribution in [0.5, 0.6) is 0 Å². The molecule has 0 saturated heterocycles. The average Bonchev–Trinajstić information content (AvgIpc) is 2.67. The number of amides is 1. The van der Waals surface area contributed by atoms with E-state index in [1.807, 2.05) is 30.3 Å². The third-order valence-corrected chi connectivity index (χ3v) is 2.61. The summed E-state index contributed by atoms with van der Waals surface area (Å²) < 4.78 is 1.67. The minimum atomic E-state index is -0.233. The van der Waals surface area contributed by atoms with Gasteiger partial charge in [-0.05, 0) is 6.07 Å². The van der Waals surface area contributed by atoms with E-state index in [4.69, 9.17) is 5.26 Å². The zero-order valence-electron chi connectivity index (χ0n) is 9.71. The minimum Gasteiger partial charge on any atom is -0.327 e. The number of carbonyl (C=O) groups excluding carboxylic acids is 1. The van der Waals surface area contributed by atoms with E-state index < -0.39 is 0 Å². The molecule has 1 amide bonds. The molecule has 0 atom stereocenters. The van der Waals surface area contributed by atoms with Gasteiger partial charge in [-0.1, -0.05) is 18.2 Å². The van der Waals surface area contributed by atoms with Crippen molar-refractivity contribution < 1.29 is 4.79 Å². The largest absolute Gasteiger partial charge is 0.327 e. The highest BCUT2D eigenvalue weighted by Gasteiger charge is 2.18. The van der Waals surface area contributed by atoms with Gasteiger partial charge in [0.2, 0.25) is 0 Å². The third kappa shape index (κ3) is 1.85. The van der Waals surface area contributed by atoms with E-state index in [9.17, 15) is 4.79 Å². The molecule has 2 rings (SSSR count). The lowest BCUT2D eigenvalue weighted by Crippen LogP contribution is -2.27. The molecule has 0 N–H and O–H groups in total. The maximum Gasteiger partial charge on any atom is 0.275 e. The Labute approximate surface area is 98.9 Å². The van der Waals surface area contributed by atoms with Crippen LogP contribution in [0.25, 0.3) is 10.9 Å². The zero-order chi connectivity index (χ0) is 12.4. The third-order valence-electron chi connectivity index (χ3n) is 2.61. The van der Waals surface area contributed by atoms with Crippen molar-refractivity contribution in [1.82, 2.24) is 14.7 Å². The summed E-state index contributed by atoms with van der Waals surface area (Å²) >= 11 is 0. The molecule has 0 aliphatic heterocycles. The Hall–Kier alpha value is -2.35. The molecule has 0 bridgehead atoms. The minimum absolute atomic E-state index is 0.0593. The molecule has 0 aliphatic carbocycles. The van der Waals surface area contributed by atoms with Crippen LogP contribution < -0.4 is 0 Å². The summed E-state index contributed by atoms with van der Waals surface area (Å²) in [6.45, 7) is 0.0593. The summed E-state index contributed by atoms with van der Waals surface area (Å²) in [5, 5.41) is 13.6. The van der Waals surface area contributed by atoms with Crippen molar-refractivity contribution in [1.29, 1.82) is 5.26 Å². The van der Waals surface area contributed by atoms with Crippen molar-refractivity contribution in [3.8, 4) is 6.07 Å². The van der Waals surface area contributed by atoms with E-state index in [0.29, 0.717) is 5.69 Å². The van der Waals surface area contributed by atoms with E-state index in [-0.39, 0.29) is 12.5 Å². The highest BCUT2D eigenvalue weighted by molar-refractivity contribution is 6.04. The van der Waals surface area contributed by atoms with Gasteiger partial charge in [-0.15, -0.1) is 0 Å². The topological polar surface area (TPSA) is 61.9 Å². The second-order valence-corrected chi connectivity index (χ2v) is 3.81. The van der Waals surface area contributed by atoms with Gasteiger partial charge >= 0.3 is 0 Å². The Morgan fingerprint density at radius 1 is 1.53 bits per heavy atom. The van der Waals surface area contributed by atoms with E-state index >= 15 is 0 Å². The molecule has 0 radical (unpaired) electrons. The normalized spacial score (nSPS) is 10.2. The predicted molar refractivity (Wildman–Crippen MR) is 63.3 cm³/mol. The first-order valence-corrected chi connectivity index (χ1v) is 5.19. The van der Waals surface area contributed by atoms with Crippen LogP contribution in [0, 0.1) is 11.3 Å². The molecule has 5 heteroatoms. The summed E-state index contributed by atoms with van der Waals surface area (Å²) in [6, 6.07) is 9.47. The number of aromatic nitrogens is 2. The highest BCUT2D eigenvalue weighted by Crippen LogP contribution is 2.18. The van der Waals surface area contributed by atoms with Gasteiger partial charge in [0.25, 0.3) is 5.91 Å². The van der Waals surface area contributed by atoms with Crippen LogP contribution in [0.2, 0.25) is 0 Å². The Balaban J connectivity index is 2.50. The number of benzene rings is 1. The lowest BCUT2D eigenvalue weighted by molar-refractivity contribution is 0.0807. The molecule has 0 unspecified atom stereocenters. The fourth-order valence-corrected chi connectivity index (χ4v) is 1.73. The van der Waals surface area contributed by atoms with Gasteiger partial charge in [0.05, 0.1) is 11.6 Å². The number of rotatable bonds is 2. The van der Waals surface area contributed by atoms with Crippen molar-refractivity contribution in [2.45, 2.75) is 0 Å². The Morgan fingerprint density at radius 3 is 2.94 bits per heavy atom. The van der Waals surface area contributed by atoms with Gasteiger partial charge < -0.3 is 4.90 Å². The van der Waals surface area contributed by atoms with E-state index in [0.717, 1.165) is 10.9 Å². The van der Waals surface area contributed by atoms with Crippen molar-refractivity contribution in [2.75, 3.05) is 13.6 Å². The van der Waals surface area contributed by atoms with Crippen LogP contribution in [0.1, 0.15) is 10.5 Å². The van der Waals surface area contributed by atoms with Crippen LogP contribution >= 0.6 is 0 Å². The zero-order valence-corrected chi connectivity index (χ0v) is 9.71. The number of para-hydroxylation sites is 1. The van der Waals surface area contributed by atoms with Gasteiger partial charge in [-0.25, -0.2) is 0 Å². The van der Waals surface area contributed by atoms with E-state index in [1.165, 1.54) is 4.90 Å². The molecule has 0 fully saturated rings. The summed E-state index contributed by atoms with van der Waals surface area (Å²) in [5.74, 6) is -0.233. The van der Waals surface area contributed by atoms with Crippen LogP contribution in [0.4, 0.5) is 0 Å². The number of carbonyl (C=O) groups is 1. The summed E-state index contributed by atoms with van der Waals surface area (Å²) in [6.07, 6.45) is 0. The Kier molecular flexibility index (Phi) is 2.79. The molecule has 1 aromatic heterocycles. The molecule has 1 aromatic carbocycles. The first kappa shape index (κ1) is 11.1. The number of nitriles is 1. The summed E-state index contributed by atoms with van der Waals surface area (Å²) in [5.41, 5.74) is 1.29. The fourth-order valence-electron chi connectivity index (χ4n) is 1.73. The smallest absolute Gasteiger partial charge is 0.275 e. The van der Waals surface area contributed by atoms with Gasteiger partial charge in [-0.2, -0.15) is 10.4 Å². The lowest BCUT2D eigenvalue weighted by Gasteiger charge is -2.10. The standard InChI is InChI=1S/C12H12N4O/c1-15(8-7-13)12(17)11-9-5-3-4-6-10(9)16(2)14-11/h3-6H,8H2,1-2H3. The first-order chi connectivity index (χ1) is 8.15. The van der Waals surface area contributed by atoms with E-state index in [1.54, 1.807) is 18.8 Å².